The highest BCUT2D eigenvalue weighted by Crippen LogP contribution is 2.38. The van der Waals surface area contributed by atoms with Crippen LogP contribution in [-0.2, 0) is 17.8 Å². The second-order valence-electron chi connectivity index (χ2n) is 8.34. The van der Waals surface area contributed by atoms with Crippen molar-refractivity contribution in [2.45, 2.75) is 70.7 Å². The highest BCUT2D eigenvalue weighted by atomic mass is 32.2. The summed E-state index contributed by atoms with van der Waals surface area (Å²) in [6.07, 6.45) is 4.26. The first-order valence-electron chi connectivity index (χ1n) is 10.3. The molecule has 154 valence electrons. The topological polar surface area (TPSA) is 44.1 Å². The molecule has 6 heteroatoms. The van der Waals surface area contributed by atoms with E-state index in [0.717, 1.165) is 55.7 Å². The molecule has 0 spiro atoms. The Labute approximate surface area is 180 Å². The molecule has 4 rings (SSSR count). The first-order valence-corrected chi connectivity index (χ1v) is 12.1. The first-order chi connectivity index (χ1) is 13.9. The predicted molar refractivity (Wildman–Crippen MR) is 123 cm³/mol. The molecule has 0 N–H and O–H groups in total. The predicted octanol–water partition coefficient (Wildman–Crippen LogP) is 5.89. The van der Waals surface area contributed by atoms with Gasteiger partial charge in [-0.3, -0.25) is 9.36 Å². The van der Waals surface area contributed by atoms with Crippen molar-refractivity contribution in [1.29, 1.82) is 0 Å². The van der Waals surface area contributed by atoms with Gasteiger partial charge in [0.25, 0.3) is 5.56 Å². The number of benzene rings is 1. The van der Waals surface area contributed by atoms with Gasteiger partial charge in [0, 0.05) is 17.1 Å². The van der Waals surface area contributed by atoms with Gasteiger partial charge in [0.15, 0.2) is 5.16 Å². The number of hydrogen-bond acceptors (Lipinski definition) is 5. The second kappa shape index (κ2) is 8.25. The Morgan fingerprint density at radius 2 is 2.14 bits per heavy atom. The van der Waals surface area contributed by atoms with E-state index < -0.39 is 0 Å². The molecule has 0 unspecified atom stereocenters. The third kappa shape index (κ3) is 4.16. The maximum atomic E-state index is 13.8. The average Bonchev–Trinajstić information content (AvgIpc) is 3.02. The largest absolute Gasteiger partial charge is 0.370 e. The van der Waals surface area contributed by atoms with E-state index in [9.17, 15) is 4.79 Å². The van der Waals surface area contributed by atoms with E-state index in [0.29, 0.717) is 6.61 Å². The first kappa shape index (κ1) is 20.6. The molecule has 0 atom stereocenters. The molecule has 0 bridgehead atoms. The van der Waals surface area contributed by atoms with Crippen LogP contribution >= 0.6 is 23.1 Å². The normalized spacial score (nSPS) is 15.6. The number of rotatable bonds is 6. The zero-order valence-electron chi connectivity index (χ0n) is 17.6. The molecule has 0 saturated carbocycles. The summed E-state index contributed by atoms with van der Waals surface area (Å²) in [5.41, 5.74) is 2.96. The number of ether oxygens (including phenoxy) is 1. The fraction of sp³-hybridized carbons (Fsp3) is 0.478. The molecular formula is C23H28N2O2S2. The van der Waals surface area contributed by atoms with E-state index in [-0.39, 0.29) is 11.2 Å². The number of aryl methyl sites for hydroxylation is 1. The van der Waals surface area contributed by atoms with Crippen LogP contribution in [-0.4, -0.2) is 20.9 Å². The molecule has 1 aliphatic rings. The Morgan fingerprint density at radius 1 is 1.31 bits per heavy atom. The fourth-order valence-corrected chi connectivity index (χ4v) is 5.94. The van der Waals surface area contributed by atoms with Gasteiger partial charge in [0.05, 0.1) is 23.3 Å². The smallest absolute Gasteiger partial charge is 0.267 e. The monoisotopic (exact) mass is 428 g/mol. The summed E-state index contributed by atoms with van der Waals surface area (Å²) >= 11 is 3.31. The summed E-state index contributed by atoms with van der Waals surface area (Å²) in [4.78, 5) is 20.7. The van der Waals surface area contributed by atoms with Crippen LogP contribution in [0.15, 0.2) is 34.2 Å². The summed E-state index contributed by atoms with van der Waals surface area (Å²) in [7, 11) is 0. The number of thiophene rings is 1. The maximum Gasteiger partial charge on any atom is 0.267 e. The molecule has 2 aromatic heterocycles. The highest BCUT2D eigenvalue weighted by Gasteiger charge is 2.31. The molecular weight excluding hydrogens is 400 g/mol. The van der Waals surface area contributed by atoms with Crippen molar-refractivity contribution in [1.82, 2.24) is 9.55 Å². The molecule has 29 heavy (non-hydrogen) atoms. The van der Waals surface area contributed by atoms with Crippen molar-refractivity contribution in [3.63, 3.8) is 0 Å². The van der Waals surface area contributed by atoms with Crippen molar-refractivity contribution in [2.24, 2.45) is 0 Å². The summed E-state index contributed by atoms with van der Waals surface area (Å²) < 4.78 is 7.80. The lowest BCUT2D eigenvalue weighted by atomic mass is 9.94. The Balaban J connectivity index is 1.89. The Morgan fingerprint density at radius 3 is 2.90 bits per heavy atom. The average molecular weight is 429 g/mol. The second-order valence-corrected chi connectivity index (χ2v) is 10.5. The van der Waals surface area contributed by atoms with Crippen LogP contribution in [0.5, 0.6) is 0 Å². The van der Waals surface area contributed by atoms with Crippen molar-refractivity contribution in [3.8, 4) is 5.69 Å². The SMILES string of the molecule is CCCCCSc1nc2sc3c(c2c(=O)n1-c1cccc(C)c1)CC(C)(C)OC3. The van der Waals surface area contributed by atoms with E-state index in [2.05, 4.69) is 39.8 Å². The molecule has 0 saturated heterocycles. The van der Waals surface area contributed by atoms with Crippen LogP contribution in [0.25, 0.3) is 15.9 Å². The van der Waals surface area contributed by atoms with Crippen molar-refractivity contribution >= 4 is 33.3 Å². The minimum Gasteiger partial charge on any atom is -0.370 e. The third-order valence-corrected chi connectivity index (χ3v) is 7.44. The maximum absolute atomic E-state index is 13.8. The number of hydrogen-bond donors (Lipinski definition) is 0. The van der Waals surface area contributed by atoms with Gasteiger partial charge in [0.2, 0.25) is 0 Å². The molecule has 1 aliphatic heterocycles. The summed E-state index contributed by atoms with van der Waals surface area (Å²) in [6, 6.07) is 8.13. The van der Waals surface area contributed by atoms with E-state index >= 15 is 0 Å². The van der Waals surface area contributed by atoms with Crippen LogP contribution in [0.4, 0.5) is 0 Å². The molecule has 3 aromatic rings. The van der Waals surface area contributed by atoms with Crippen LogP contribution < -0.4 is 5.56 Å². The molecule has 4 nitrogen and oxygen atoms in total. The highest BCUT2D eigenvalue weighted by molar-refractivity contribution is 7.99. The van der Waals surface area contributed by atoms with Gasteiger partial charge in [0.1, 0.15) is 4.83 Å². The van der Waals surface area contributed by atoms with Gasteiger partial charge >= 0.3 is 0 Å². The van der Waals surface area contributed by atoms with Crippen molar-refractivity contribution < 1.29 is 4.74 Å². The number of fused-ring (bicyclic) bond motifs is 3. The van der Waals surface area contributed by atoms with E-state index in [1.165, 1.54) is 12.8 Å². The van der Waals surface area contributed by atoms with Crippen molar-refractivity contribution in [2.75, 3.05) is 5.75 Å². The lowest BCUT2D eigenvalue weighted by molar-refractivity contribution is -0.0379. The molecule has 3 heterocycles. The molecule has 0 amide bonds. The minimum atomic E-state index is -0.255. The van der Waals surface area contributed by atoms with Crippen LogP contribution in [0, 0.1) is 6.92 Å². The van der Waals surface area contributed by atoms with E-state index in [1.807, 2.05) is 16.7 Å². The van der Waals surface area contributed by atoms with Crippen LogP contribution in [0.3, 0.4) is 0 Å². The van der Waals surface area contributed by atoms with Gasteiger partial charge in [-0.05, 0) is 50.5 Å². The Hall–Kier alpha value is -1.63. The summed E-state index contributed by atoms with van der Waals surface area (Å²) in [6.45, 7) is 9.00. The molecule has 0 aliphatic carbocycles. The lowest BCUT2D eigenvalue weighted by Crippen LogP contribution is -2.32. The molecule has 0 fully saturated rings. The number of nitrogens with zero attached hydrogens (tertiary/aromatic N) is 2. The quantitative estimate of drug-likeness (QED) is 0.279. The van der Waals surface area contributed by atoms with Gasteiger partial charge < -0.3 is 4.74 Å². The number of thioether (sulfide) groups is 1. The summed E-state index contributed by atoms with van der Waals surface area (Å²) in [5.74, 6) is 0.971. The van der Waals surface area contributed by atoms with Gasteiger partial charge in [-0.1, -0.05) is 43.7 Å². The van der Waals surface area contributed by atoms with E-state index in [1.54, 1.807) is 23.1 Å². The zero-order chi connectivity index (χ0) is 20.6. The van der Waals surface area contributed by atoms with Gasteiger partial charge in [-0.2, -0.15) is 0 Å². The standard InChI is InChI=1S/C23H28N2O2S2/c1-5-6-7-11-28-22-24-20-19(17-13-23(3,4)27-14-18(17)29-20)21(26)25(22)16-10-8-9-15(2)12-16/h8-10,12H,5-7,11,13-14H2,1-4H3. The summed E-state index contributed by atoms with van der Waals surface area (Å²) in [5, 5.41) is 1.57. The molecule has 1 aromatic carbocycles. The van der Waals surface area contributed by atoms with Gasteiger partial charge in [-0.25, -0.2) is 4.98 Å². The third-order valence-electron chi connectivity index (χ3n) is 5.31. The Bertz CT molecular complexity index is 1100. The minimum absolute atomic E-state index is 0.0498. The van der Waals surface area contributed by atoms with Crippen LogP contribution in [0.2, 0.25) is 0 Å². The van der Waals surface area contributed by atoms with Gasteiger partial charge in [-0.15, -0.1) is 11.3 Å². The number of aromatic nitrogens is 2. The van der Waals surface area contributed by atoms with Crippen LogP contribution in [0.1, 0.15) is 56.0 Å². The molecule has 0 radical (unpaired) electrons. The lowest BCUT2D eigenvalue weighted by Gasteiger charge is -2.29. The Kier molecular flexibility index (Phi) is 5.87. The van der Waals surface area contributed by atoms with E-state index in [4.69, 9.17) is 9.72 Å². The fourth-order valence-electron chi connectivity index (χ4n) is 3.78. The number of unbranched alkanes of at least 4 members (excludes halogenated alkanes) is 2. The zero-order valence-corrected chi connectivity index (χ0v) is 19.2. The van der Waals surface area contributed by atoms with Crippen molar-refractivity contribution in [3.05, 3.63) is 50.6 Å².